The average Bonchev–Trinajstić information content (AvgIpc) is 2.94. The summed E-state index contributed by atoms with van der Waals surface area (Å²) >= 11 is 0. The Balaban J connectivity index is 2.18. The summed E-state index contributed by atoms with van der Waals surface area (Å²) in [7, 11) is 1.60. The molecule has 116 valence electrons. The van der Waals surface area contributed by atoms with Crippen molar-refractivity contribution in [3.63, 3.8) is 0 Å². The van der Waals surface area contributed by atoms with Crippen molar-refractivity contribution in [1.82, 2.24) is 4.90 Å². The molecule has 1 heterocycles. The fourth-order valence-corrected chi connectivity index (χ4v) is 3.14. The largest absolute Gasteiger partial charge is 0.496 e. The third kappa shape index (κ3) is 3.47. The van der Waals surface area contributed by atoms with Gasteiger partial charge in [-0.3, -0.25) is 4.90 Å². The van der Waals surface area contributed by atoms with E-state index >= 15 is 0 Å². The summed E-state index contributed by atoms with van der Waals surface area (Å²) in [6.07, 6.45) is 2.54. The maximum absolute atomic E-state index is 8.80. The molecular weight excluding hydrogens is 266 g/mol. The van der Waals surface area contributed by atoms with Crippen molar-refractivity contribution in [1.29, 1.82) is 0 Å². The smallest absolute Gasteiger partial charge is 0.173 e. The van der Waals surface area contributed by atoms with Crippen LogP contribution in [0.4, 0.5) is 0 Å². The maximum atomic E-state index is 8.80. The molecule has 1 aromatic carbocycles. The minimum Gasteiger partial charge on any atom is -0.496 e. The molecule has 1 atom stereocenters. The summed E-state index contributed by atoms with van der Waals surface area (Å²) < 4.78 is 5.36. The highest BCUT2D eigenvalue weighted by Crippen LogP contribution is 2.27. The fraction of sp³-hybridized carbons (Fsp3) is 0.562. The first kappa shape index (κ1) is 15.6. The van der Waals surface area contributed by atoms with Crippen LogP contribution in [0.5, 0.6) is 5.75 Å². The molecule has 3 N–H and O–H groups in total. The summed E-state index contributed by atoms with van der Waals surface area (Å²) in [5.41, 5.74) is 7.46. The summed E-state index contributed by atoms with van der Waals surface area (Å²) in [5, 5.41) is 11.8. The van der Waals surface area contributed by atoms with Crippen LogP contribution >= 0.6 is 0 Å². The second-order valence-electron chi connectivity index (χ2n) is 5.94. The number of hydrogen-bond acceptors (Lipinski definition) is 4. The molecule has 5 nitrogen and oxygen atoms in total. The van der Waals surface area contributed by atoms with Gasteiger partial charge in [-0.25, -0.2) is 0 Å². The van der Waals surface area contributed by atoms with Crippen LogP contribution in [-0.2, 0) is 6.54 Å². The summed E-state index contributed by atoms with van der Waals surface area (Å²) in [6.45, 7) is 6.62. The van der Waals surface area contributed by atoms with Crippen molar-refractivity contribution in [2.24, 2.45) is 16.8 Å². The van der Waals surface area contributed by atoms with Gasteiger partial charge in [0.2, 0.25) is 0 Å². The second kappa shape index (κ2) is 6.80. The zero-order valence-electron chi connectivity index (χ0n) is 13.0. The molecule has 0 aromatic heterocycles. The van der Waals surface area contributed by atoms with Gasteiger partial charge in [0.15, 0.2) is 5.84 Å². The number of ether oxygens (including phenoxy) is 1. The van der Waals surface area contributed by atoms with Gasteiger partial charge in [-0.2, -0.15) is 0 Å². The quantitative estimate of drug-likeness (QED) is 0.378. The SMILES string of the molecule is COc1cc(CN2CCCC2C(C)C)ccc1/C(N)=N/O. The van der Waals surface area contributed by atoms with E-state index in [0.717, 1.165) is 13.1 Å². The van der Waals surface area contributed by atoms with Gasteiger partial charge in [0.05, 0.1) is 12.7 Å². The van der Waals surface area contributed by atoms with E-state index in [4.69, 9.17) is 15.7 Å². The van der Waals surface area contributed by atoms with Crippen molar-refractivity contribution in [3.05, 3.63) is 29.3 Å². The first-order valence-corrected chi connectivity index (χ1v) is 7.45. The number of methoxy groups -OCH3 is 1. The van der Waals surface area contributed by atoms with Gasteiger partial charge in [0.1, 0.15) is 5.75 Å². The van der Waals surface area contributed by atoms with Crippen LogP contribution in [0.15, 0.2) is 23.4 Å². The van der Waals surface area contributed by atoms with Gasteiger partial charge < -0.3 is 15.7 Å². The van der Waals surface area contributed by atoms with E-state index in [0.29, 0.717) is 23.3 Å². The van der Waals surface area contributed by atoms with Gasteiger partial charge in [-0.15, -0.1) is 0 Å². The first-order chi connectivity index (χ1) is 10.1. The lowest BCUT2D eigenvalue weighted by atomic mass is 10.0. The van der Waals surface area contributed by atoms with Gasteiger partial charge >= 0.3 is 0 Å². The van der Waals surface area contributed by atoms with Crippen molar-refractivity contribution in [3.8, 4) is 5.75 Å². The lowest BCUT2D eigenvalue weighted by Gasteiger charge is -2.27. The topological polar surface area (TPSA) is 71.1 Å². The Morgan fingerprint density at radius 3 is 2.90 bits per heavy atom. The van der Waals surface area contributed by atoms with Crippen LogP contribution in [0.1, 0.15) is 37.8 Å². The molecule has 1 aromatic rings. The molecule has 1 fully saturated rings. The Hall–Kier alpha value is -1.75. The van der Waals surface area contributed by atoms with Crippen LogP contribution in [0.3, 0.4) is 0 Å². The number of rotatable bonds is 5. The van der Waals surface area contributed by atoms with Crippen molar-refractivity contribution in [2.45, 2.75) is 39.3 Å². The molecule has 0 aliphatic carbocycles. The van der Waals surface area contributed by atoms with Gasteiger partial charge in [0, 0.05) is 12.6 Å². The second-order valence-corrected chi connectivity index (χ2v) is 5.94. The molecule has 2 rings (SSSR count). The van der Waals surface area contributed by atoms with Crippen molar-refractivity contribution >= 4 is 5.84 Å². The van der Waals surface area contributed by atoms with E-state index in [2.05, 4.69) is 23.9 Å². The first-order valence-electron chi connectivity index (χ1n) is 7.45. The standard InChI is InChI=1S/C16H25N3O2/c1-11(2)14-5-4-8-19(14)10-12-6-7-13(16(17)18-20)15(9-12)21-3/h6-7,9,11,14,20H,4-5,8,10H2,1-3H3,(H2,17,18). The Bertz CT molecular complexity index is 514. The molecular formula is C16H25N3O2. The highest BCUT2D eigenvalue weighted by molar-refractivity contribution is 5.99. The predicted molar refractivity (Wildman–Crippen MR) is 83.8 cm³/mol. The highest BCUT2D eigenvalue weighted by Gasteiger charge is 2.27. The number of likely N-dealkylation sites (tertiary alicyclic amines) is 1. The maximum Gasteiger partial charge on any atom is 0.173 e. The van der Waals surface area contributed by atoms with E-state index < -0.39 is 0 Å². The van der Waals surface area contributed by atoms with Crippen molar-refractivity contribution in [2.75, 3.05) is 13.7 Å². The Kier molecular flexibility index (Phi) is 5.07. The van der Waals surface area contributed by atoms with Crippen LogP contribution in [0.25, 0.3) is 0 Å². The molecule has 0 spiro atoms. The minimum absolute atomic E-state index is 0.0691. The normalized spacial score (nSPS) is 20.2. The van der Waals surface area contributed by atoms with E-state index in [9.17, 15) is 0 Å². The summed E-state index contributed by atoms with van der Waals surface area (Å²) in [6, 6.07) is 6.50. The van der Waals surface area contributed by atoms with Gasteiger partial charge in [0.25, 0.3) is 0 Å². The predicted octanol–water partition coefficient (Wildman–Crippen LogP) is 2.41. The fourth-order valence-electron chi connectivity index (χ4n) is 3.14. The monoisotopic (exact) mass is 291 g/mol. The van der Waals surface area contributed by atoms with E-state index in [-0.39, 0.29) is 5.84 Å². The van der Waals surface area contributed by atoms with Crippen LogP contribution in [0, 0.1) is 5.92 Å². The zero-order chi connectivity index (χ0) is 15.4. The third-order valence-electron chi connectivity index (χ3n) is 4.22. The molecule has 1 aliphatic heterocycles. The van der Waals surface area contributed by atoms with Gasteiger partial charge in [-0.1, -0.05) is 25.1 Å². The molecule has 5 heteroatoms. The Morgan fingerprint density at radius 2 is 2.29 bits per heavy atom. The van der Waals surface area contributed by atoms with E-state index in [1.165, 1.54) is 18.4 Å². The molecule has 1 saturated heterocycles. The third-order valence-corrected chi connectivity index (χ3v) is 4.22. The molecule has 1 aliphatic rings. The number of oxime groups is 1. The Labute approximate surface area is 126 Å². The van der Waals surface area contributed by atoms with Crippen LogP contribution in [-0.4, -0.2) is 35.6 Å². The lowest BCUT2D eigenvalue weighted by molar-refractivity contribution is 0.198. The zero-order valence-corrected chi connectivity index (χ0v) is 13.0. The van der Waals surface area contributed by atoms with Crippen LogP contribution < -0.4 is 10.5 Å². The van der Waals surface area contributed by atoms with Crippen molar-refractivity contribution < 1.29 is 9.94 Å². The molecule has 0 bridgehead atoms. The minimum atomic E-state index is 0.0691. The Morgan fingerprint density at radius 1 is 1.52 bits per heavy atom. The van der Waals surface area contributed by atoms with Crippen LogP contribution in [0.2, 0.25) is 0 Å². The average molecular weight is 291 g/mol. The molecule has 0 saturated carbocycles. The number of benzene rings is 1. The number of hydrogen-bond donors (Lipinski definition) is 2. The number of nitrogens with two attached hydrogens (primary N) is 1. The summed E-state index contributed by atoms with van der Waals surface area (Å²) in [4.78, 5) is 2.53. The number of amidine groups is 1. The molecule has 21 heavy (non-hydrogen) atoms. The molecule has 0 amide bonds. The van der Waals surface area contributed by atoms with E-state index in [1.54, 1.807) is 7.11 Å². The highest BCUT2D eigenvalue weighted by atomic mass is 16.5. The molecule has 0 radical (unpaired) electrons. The lowest BCUT2D eigenvalue weighted by Crippen LogP contribution is -2.32. The number of nitrogens with zero attached hydrogens (tertiary/aromatic N) is 2. The molecule has 1 unspecified atom stereocenters. The summed E-state index contributed by atoms with van der Waals surface area (Å²) in [5.74, 6) is 1.38. The van der Waals surface area contributed by atoms with Gasteiger partial charge in [-0.05, 0) is 43.0 Å². The van der Waals surface area contributed by atoms with E-state index in [1.807, 2.05) is 18.2 Å².